The SMILES string of the molecule is CC.[B]c1cccc(N=C/C(C(=O)Nc2ccc(CN3CC(C)C[C@H](C)C3)c(OC([B])[B])c2)=C(/C)N)c1. The van der Waals surface area contributed by atoms with Crippen molar-refractivity contribution in [3.63, 3.8) is 0 Å². The number of piperidine rings is 1. The molecule has 190 valence electrons. The Morgan fingerprint density at radius 2 is 1.86 bits per heavy atom. The number of allylic oxidation sites excluding steroid dienone is 1. The zero-order valence-electron chi connectivity index (χ0n) is 22.7. The molecule has 1 heterocycles. The minimum atomic E-state index is -0.980. The summed E-state index contributed by atoms with van der Waals surface area (Å²) in [6.45, 7) is 12.9. The molecule has 0 spiro atoms. The number of nitrogens with two attached hydrogens (primary N) is 1. The summed E-state index contributed by atoms with van der Waals surface area (Å²) in [7, 11) is 17.2. The van der Waals surface area contributed by atoms with E-state index >= 15 is 0 Å². The average molecular weight is 494 g/mol. The van der Waals surface area contributed by atoms with Crippen LogP contribution in [-0.2, 0) is 11.3 Å². The van der Waals surface area contributed by atoms with Gasteiger partial charge in [-0.25, -0.2) is 0 Å². The Morgan fingerprint density at radius 3 is 2.46 bits per heavy atom. The normalized spacial score (nSPS) is 18.6. The average Bonchev–Trinajstić information content (AvgIpc) is 2.81. The molecule has 6 nitrogen and oxygen atoms in total. The van der Waals surface area contributed by atoms with Crippen molar-refractivity contribution in [3.8, 4) is 5.75 Å². The molecular formula is C28H37B3N4O2. The van der Waals surface area contributed by atoms with E-state index in [1.54, 1.807) is 37.3 Å². The van der Waals surface area contributed by atoms with Crippen molar-refractivity contribution in [1.29, 1.82) is 0 Å². The molecule has 0 aliphatic carbocycles. The monoisotopic (exact) mass is 494 g/mol. The van der Waals surface area contributed by atoms with Crippen molar-refractivity contribution in [2.24, 2.45) is 22.6 Å². The van der Waals surface area contributed by atoms with Crippen molar-refractivity contribution in [2.75, 3.05) is 18.4 Å². The quantitative estimate of drug-likeness (QED) is 0.335. The van der Waals surface area contributed by atoms with Gasteiger partial charge < -0.3 is 15.8 Å². The number of amides is 1. The molecule has 3 N–H and O–H groups in total. The number of anilines is 1. The molecule has 1 unspecified atom stereocenters. The van der Waals surface area contributed by atoms with Gasteiger partial charge in [-0.3, -0.25) is 14.7 Å². The Kier molecular flexibility index (Phi) is 12.1. The third-order valence-corrected chi connectivity index (χ3v) is 5.81. The first-order valence-corrected chi connectivity index (χ1v) is 12.8. The molecule has 2 aromatic rings. The van der Waals surface area contributed by atoms with E-state index in [2.05, 4.69) is 29.1 Å². The third-order valence-electron chi connectivity index (χ3n) is 5.81. The van der Waals surface area contributed by atoms with Gasteiger partial charge in [-0.05, 0) is 43.4 Å². The van der Waals surface area contributed by atoms with Crippen molar-refractivity contribution in [3.05, 3.63) is 59.3 Å². The predicted octanol–water partition coefficient (Wildman–Crippen LogP) is 3.56. The van der Waals surface area contributed by atoms with Gasteiger partial charge in [-0.15, -0.1) is 0 Å². The number of carbonyl (C=O) groups excluding carboxylic acids is 1. The van der Waals surface area contributed by atoms with Crippen LogP contribution in [0.4, 0.5) is 11.4 Å². The minimum Gasteiger partial charge on any atom is -0.509 e. The molecule has 1 aliphatic rings. The van der Waals surface area contributed by atoms with Crippen LogP contribution in [0, 0.1) is 11.8 Å². The molecular weight excluding hydrogens is 457 g/mol. The van der Waals surface area contributed by atoms with E-state index in [0.717, 1.165) is 18.7 Å². The molecule has 0 saturated carbocycles. The second kappa shape index (κ2) is 14.7. The first-order chi connectivity index (χ1) is 17.6. The fourth-order valence-electron chi connectivity index (χ4n) is 4.46. The second-order valence-corrected chi connectivity index (χ2v) is 9.45. The number of nitrogens with zero attached hydrogens (tertiary/aromatic N) is 2. The Hall–Kier alpha value is -2.93. The number of rotatable bonds is 8. The predicted molar refractivity (Wildman–Crippen MR) is 157 cm³/mol. The Labute approximate surface area is 226 Å². The molecule has 9 heteroatoms. The van der Waals surface area contributed by atoms with Gasteiger partial charge >= 0.3 is 0 Å². The summed E-state index contributed by atoms with van der Waals surface area (Å²) in [5.41, 5.74) is 9.24. The number of nitrogens with one attached hydrogen (secondary N) is 1. The number of hydrogen-bond acceptors (Lipinski definition) is 5. The third kappa shape index (κ3) is 9.80. The van der Waals surface area contributed by atoms with Gasteiger partial charge in [0.25, 0.3) is 5.91 Å². The van der Waals surface area contributed by atoms with Crippen LogP contribution in [0.3, 0.4) is 0 Å². The van der Waals surface area contributed by atoms with Crippen molar-refractivity contribution < 1.29 is 9.53 Å². The zero-order chi connectivity index (χ0) is 27.5. The Morgan fingerprint density at radius 1 is 1.19 bits per heavy atom. The van der Waals surface area contributed by atoms with Crippen molar-refractivity contribution in [2.45, 2.75) is 53.5 Å². The van der Waals surface area contributed by atoms with Crippen LogP contribution < -0.4 is 21.3 Å². The molecule has 1 saturated heterocycles. The van der Waals surface area contributed by atoms with Gasteiger partial charge in [0.05, 0.1) is 11.3 Å². The molecule has 3 rings (SSSR count). The van der Waals surface area contributed by atoms with E-state index in [0.29, 0.717) is 46.7 Å². The van der Waals surface area contributed by atoms with Crippen LogP contribution in [0.25, 0.3) is 0 Å². The lowest BCUT2D eigenvalue weighted by atomic mass is 9.82. The molecule has 1 fully saturated rings. The van der Waals surface area contributed by atoms with Crippen LogP contribution in [0.15, 0.2) is 58.7 Å². The van der Waals surface area contributed by atoms with E-state index in [4.69, 9.17) is 34.0 Å². The Balaban J connectivity index is 0.00000235. The van der Waals surface area contributed by atoms with E-state index < -0.39 is 11.8 Å². The van der Waals surface area contributed by atoms with E-state index in [-0.39, 0.29) is 5.57 Å². The molecule has 0 bridgehead atoms. The maximum absolute atomic E-state index is 13.0. The number of carbonyl (C=O) groups is 1. The summed E-state index contributed by atoms with van der Waals surface area (Å²) in [4.78, 5) is 19.7. The highest BCUT2D eigenvalue weighted by Gasteiger charge is 2.23. The van der Waals surface area contributed by atoms with E-state index in [1.165, 1.54) is 12.6 Å². The van der Waals surface area contributed by atoms with Gasteiger partial charge in [0.2, 0.25) is 0 Å². The van der Waals surface area contributed by atoms with Crippen molar-refractivity contribution in [1.82, 2.24) is 4.90 Å². The van der Waals surface area contributed by atoms with Gasteiger partial charge in [0.15, 0.2) is 0 Å². The lowest BCUT2D eigenvalue weighted by Crippen LogP contribution is -2.38. The first kappa shape index (κ1) is 30.3. The van der Waals surface area contributed by atoms with Crippen LogP contribution in [0.2, 0.25) is 0 Å². The van der Waals surface area contributed by atoms with E-state index in [9.17, 15) is 4.79 Å². The van der Waals surface area contributed by atoms with Gasteiger partial charge in [0.1, 0.15) is 29.3 Å². The van der Waals surface area contributed by atoms with Crippen LogP contribution in [0.5, 0.6) is 5.75 Å². The molecule has 2 aromatic carbocycles. The fraction of sp³-hybridized carbons (Fsp3) is 0.429. The van der Waals surface area contributed by atoms with Crippen molar-refractivity contribution >= 4 is 52.5 Å². The highest BCUT2D eigenvalue weighted by Crippen LogP contribution is 2.29. The lowest BCUT2D eigenvalue weighted by molar-refractivity contribution is -0.112. The van der Waals surface area contributed by atoms with Gasteiger partial charge in [-0.1, -0.05) is 51.4 Å². The number of ether oxygens (including phenoxy) is 1. The van der Waals surface area contributed by atoms with Crippen LogP contribution in [-0.4, -0.2) is 59.6 Å². The van der Waals surface area contributed by atoms with E-state index in [1.807, 2.05) is 26.0 Å². The summed E-state index contributed by atoms with van der Waals surface area (Å²) in [6.07, 6.45) is 2.66. The molecule has 1 aliphatic heterocycles. The molecule has 0 aromatic heterocycles. The highest BCUT2D eigenvalue weighted by molar-refractivity contribution is 6.35. The number of likely N-dealkylation sites (tertiary alicyclic amines) is 1. The second-order valence-electron chi connectivity index (χ2n) is 9.45. The smallest absolute Gasteiger partial charge is 0.258 e. The first-order valence-electron chi connectivity index (χ1n) is 12.8. The number of aliphatic imine (C=N–C) groups is 1. The van der Waals surface area contributed by atoms with Gasteiger partial charge in [-0.2, -0.15) is 0 Å². The number of hydrogen-bond donors (Lipinski definition) is 2. The van der Waals surface area contributed by atoms with Gasteiger partial charge in [0, 0.05) is 54.8 Å². The summed E-state index contributed by atoms with van der Waals surface area (Å²) in [5.74, 6) is 0.430. The fourth-order valence-corrected chi connectivity index (χ4v) is 4.46. The lowest BCUT2D eigenvalue weighted by Gasteiger charge is -2.35. The maximum Gasteiger partial charge on any atom is 0.258 e. The summed E-state index contributed by atoms with van der Waals surface area (Å²) >= 11 is 0. The Bertz CT molecular complexity index is 1090. The summed E-state index contributed by atoms with van der Waals surface area (Å²) < 4.78 is 5.69. The standard InChI is InChI=1S/C26H31B3N4O2.C2H6/c1-16-9-17(2)14-33(13-16)15-19-7-8-22(11-24(19)35-26(28)29)32-25(34)23(18(3)30)12-31-21-6-4-5-20(27)10-21;1-2/h4-8,10-12,16-17,26H,9,13-15,30H2,1-3H3,(H,32,34);1-2H3/b23-18+,31-12?;/t16-,17?;/m0./s1. The minimum absolute atomic E-state index is 0.241. The molecule has 37 heavy (non-hydrogen) atoms. The zero-order valence-corrected chi connectivity index (χ0v) is 22.7. The molecule has 6 radical (unpaired) electrons. The van der Waals surface area contributed by atoms with Crippen LogP contribution >= 0.6 is 0 Å². The largest absolute Gasteiger partial charge is 0.509 e. The van der Waals surface area contributed by atoms with Crippen LogP contribution in [0.1, 0.15) is 46.6 Å². The summed E-state index contributed by atoms with van der Waals surface area (Å²) in [5, 5.41) is 2.86. The topological polar surface area (TPSA) is 80.0 Å². The maximum atomic E-state index is 13.0. The number of benzene rings is 2. The summed E-state index contributed by atoms with van der Waals surface area (Å²) in [6, 6.07) is 12.5. The molecule has 2 atom stereocenters. The molecule has 1 amide bonds. The highest BCUT2D eigenvalue weighted by atomic mass is 16.5.